The summed E-state index contributed by atoms with van der Waals surface area (Å²) in [7, 11) is 3.94. The number of carboxylic acids is 1. The highest BCUT2D eigenvalue weighted by atomic mass is 32.2. The molecule has 5 heteroatoms. The summed E-state index contributed by atoms with van der Waals surface area (Å²) in [6.45, 7) is 1.58. The maximum absolute atomic E-state index is 10.8. The fraction of sp³-hybridized carbons (Fsp3) is 0.889. The van der Waals surface area contributed by atoms with Gasteiger partial charge in [-0.2, -0.15) is 11.8 Å². The van der Waals surface area contributed by atoms with E-state index in [2.05, 4.69) is 5.32 Å². The van der Waals surface area contributed by atoms with E-state index in [1.54, 1.807) is 11.8 Å². The van der Waals surface area contributed by atoms with Crippen molar-refractivity contribution in [2.45, 2.75) is 12.5 Å². The molecule has 0 bridgehead atoms. The third-order valence-electron chi connectivity index (χ3n) is 1.86. The van der Waals surface area contributed by atoms with Gasteiger partial charge in [-0.15, -0.1) is 0 Å². The molecule has 0 amide bonds. The van der Waals surface area contributed by atoms with Crippen LogP contribution in [0, 0.1) is 0 Å². The highest BCUT2D eigenvalue weighted by molar-refractivity contribution is 7.98. The number of hydrogen-bond acceptors (Lipinski definition) is 4. The van der Waals surface area contributed by atoms with Crippen LogP contribution in [0.15, 0.2) is 0 Å². The molecule has 1 atom stereocenters. The summed E-state index contributed by atoms with van der Waals surface area (Å²) in [6.07, 6.45) is 2.67. The van der Waals surface area contributed by atoms with Gasteiger partial charge in [0.05, 0.1) is 0 Å². The van der Waals surface area contributed by atoms with Gasteiger partial charge in [0.25, 0.3) is 0 Å². The van der Waals surface area contributed by atoms with Crippen molar-refractivity contribution in [3.8, 4) is 0 Å². The first-order chi connectivity index (χ1) is 6.57. The molecule has 0 rings (SSSR count). The lowest BCUT2D eigenvalue weighted by atomic mass is 10.2. The van der Waals surface area contributed by atoms with Crippen LogP contribution in [0.4, 0.5) is 0 Å². The molecule has 0 aromatic rings. The number of carbonyl (C=O) groups is 1. The van der Waals surface area contributed by atoms with Crippen molar-refractivity contribution in [2.24, 2.45) is 0 Å². The third kappa shape index (κ3) is 7.17. The lowest BCUT2D eigenvalue weighted by molar-refractivity contribution is -0.139. The van der Waals surface area contributed by atoms with Crippen molar-refractivity contribution in [3.05, 3.63) is 0 Å². The molecule has 0 aliphatic carbocycles. The van der Waals surface area contributed by atoms with E-state index in [0.29, 0.717) is 6.42 Å². The summed E-state index contributed by atoms with van der Waals surface area (Å²) >= 11 is 1.67. The third-order valence-corrected chi connectivity index (χ3v) is 2.50. The Labute approximate surface area is 90.0 Å². The van der Waals surface area contributed by atoms with Gasteiger partial charge in [-0.25, -0.2) is 0 Å². The van der Waals surface area contributed by atoms with Crippen LogP contribution >= 0.6 is 11.8 Å². The molecule has 14 heavy (non-hydrogen) atoms. The van der Waals surface area contributed by atoms with Crippen LogP contribution in [0.1, 0.15) is 6.42 Å². The fourth-order valence-corrected chi connectivity index (χ4v) is 1.48. The van der Waals surface area contributed by atoms with Crippen molar-refractivity contribution in [1.29, 1.82) is 0 Å². The summed E-state index contributed by atoms with van der Waals surface area (Å²) in [5.41, 5.74) is 0. The summed E-state index contributed by atoms with van der Waals surface area (Å²) in [5, 5.41) is 11.9. The molecule has 0 fully saturated rings. The molecular formula is C9H20N2O2S. The van der Waals surface area contributed by atoms with Crippen molar-refractivity contribution in [3.63, 3.8) is 0 Å². The van der Waals surface area contributed by atoms with Crippen LogP contribution in [0.5, 0.6) is 0 Å². The summed E-state index contributed by atoms with van der Waals surface area (Å²) in [6, 6.07) is -0.401. The number of rotatable bonds is 8. The first kappa shape index (κ1) is 13.7. The second kappa shape index (κ2) is 8.08. The van der Waals surface area contributed by atoms with Gasteiger partial charge in [-0.3, -0.25) is 4.79 Å². The predicted octanol–water partition coefficient (Wildman–Crippen LogP) is 0.344. The van der Waals surface area contributed by atoms with Crippen LogP contribution in [-0.4, -0.2) is 61.2 Å². The number of nitrogens with zero attached hydrogens (tertiary/aromatic N) is 1. The van der Waals surface area contributed by atoms with Gasteiger partial charge < -0.3 is 15.3 Å². The highest BCUT2D eigenvalue weighted by Crippen LogP contribution is 2.00. The van der Waals surface area contributed by atoms with Gasteiger partial charge in [0.2, 0.25) is 0 Å². The van der Waals surface area contributed by atoms with Gasteiger partial charge in [-0.1, -0.05) is 0 Å². The Hall–Kier alpha value is -0.260. The Kier molecular flexibility index (Phi) is 7.93. The number of aliphatic carboxylic acids is 1. The molecule has 0 aliphatic heterocycles. The van der Waals surface area contributed by atoms with E-state index in [-0.39, 0.29) is 0 Å². The van der Waals surface area contributed by atoms with Crippen molar-refractivity contribution in [1.82, 2.24) is 10.2 Å². The second-order valence-corrected chi connectivity index (χ2v) is 4.42. The molecule has 1 unspecified atom stereocenters. The lowest BCUT2D eigenvalue weighted by Crippen LogP contribution is -2.40. The number of nitrogens with one attached hydrogen (secondary N) is 1. The second-order valence-electron chi connectivity index (χ2n) is 3.43. The predicted molar refractivity (Wildman–Crippen MR) is 61.0 cm³/mol. The summed E-state index contributed by atoms with van der Waals surface area (Å²) < 4.78 is 0. The van der Waals surface area contributed by atoms with Crippen molar-refractivity contribution < 1.29 is 9.90 Å². The maximum atomic E-state index is 10.8. The standard InChI is InChI=1S/C9H20N2O2S/c1-11(2)6-5-10-8(9(12)13)4-7-14-3/h8,10H,4-7H2,1-3H3,(H,12,13). The molecule has 0 aromatic heterocycles. The van der Waals surface area contributed by atoms with Crippen LogP contribution < -0.4 is 5.32 Å². The maximum Gasteiger partial charge on any atom is 0.320 e. The quantitative estimate of drug-likeness (QED) is 0.618. The largest absolute Gasteiger partial charge is 0.480 e. The molecule has 0 radical (unpaired) electrons. The minimum absolute atomic E-state index is 0.401. The number of likely N-dealkylation sites (N-methyl/N-ethyl adjacent to an activating group) is 1. The van der Waals surface area contributed by atoms with Gasteiger partial charge in [0.15, 0.2) is 0 Å². The molecule has 4 nitrogen and oxygen atoms in total. The monoisotopic (exact) mass is 220 g/mol. The lowest BCUT2D eigenvalue weighted by Gasteiger charge is -2.15. The Morgan fingerprint density at radius 1 is 1.57 bits per heavy atom. The number of carboxylic acid groups (broad SMARTS) is 1. The van der Waals surface area contributed by atoms with E-state index in [9.17, 15) is 4.79 Å². The van der Waals surface area contributed by atoms with E-state index in [1.807, 2.05) is 25.3 Å². The molecule has 0 aliphatic rings. The fourth-order valence-electron chi connectivity index (χ4n) is 1.01. The molecular weight excluding hydrogens is 200 g/mol. The van der Waals surface area contributed by atoms with Gasteiger partial charge in [0.1, 0.15) is 6.04 Å². The number of thioether (sulfide) groups is 1. The highest BCUT2D eigenvalue weighted by Gasteiger charge is 2.15. The number of hydrogen-bond donors (Lipinski definition) is 2. The van der Waals surface area contributed by atoms with Crippen molar-refractivity contribution in [2.75, 3.05) is 39.2 Å². The van der Waals surface area contributed by atoms with E-state index >= 15 is 0 Å². The minimum Gasteiger partial charge on any atom is -0.480 e. The Morgan fingerprint density at radius 3 is 2.64 bits per heavy atom. The molecule has 0 aromatic carbocycles. The summed E-state index contributed by atoms with van der Waals surface area (Å²) in [4.78, 5) is 12.8. The Balaban J connectivity index is 3.68. The van der Waals surface area contributed by atoms with Crippen LogP contribution in [0.2, 0.25) is 0 Å². The SMILES string of the molecule is CSCCC(NCCN(C)C)C(=O)O. The van der Waals surface area contributed by atoms with E-state index in [0.717, 1.165) is 18.8 Å². The van der Waals surface area contributed by atoms with Gasteiger partial charge >= 0.3 is 5.97 Å². The van der Waals surface area contributed by atoms with E-state index < -0.39 is 12.0 Å². The molecule has 0 saturated carbocycles. The van der Waals surface area contributed by atoms with Crippen molar-refractivity contribution >= 4 is 17.7 Å². The zero-order chi connectivity index (χ0) is 11.0. The zero-order valence-electron chi connectivity index (χ0n) is 9.12. The van der Waals surface area contributed by atoms with Gasteiger partial charge in [-0.05, 0) is 32.5 Å². The first-order valence-corrected chi connectivity index (χ1v) is 6.07. The van der Waals surface area contributed by atoms with Crippen LogP contribution in [0.25, 0.3) is 0 Å². The molecule has 0 spiro atoms. The minimum atomic E-state index is -0.752. The smallest absolute Gasteiger partial charge is 0.320 e. The van der Waals surface area contributed by atoms with Gasteiger partial charge in [0, 0.05) is 13.1 Å². The zero-order valence-corrected chi connectivity index (χ0v) is 9.93. The average Bonchev–Trinajstić information content (AvgIpc) is 2.09. The molecule has 2 N–H and O–H groups in total. The Bertz CT molecular complexity index is 165. The average molecular weight is 220 g/mol. The van der Waals surface area contributed by atoms with Crippen LogP contribution in [-0.2, 0) is 4.79 Å². The Morgan fingerprint density at radius 2 is 2.21 bits per heavy atom. The topological polar surface area (TPSA) is 52.6 Å². The van der Waals surface area contributed by atoms with E-state index in [4.69, 9.17) is 5.11 Å². The summed E-state index contributed by atoms with van der Waals surface area (Å²) in [5.74, 6) is 0.129. The van der Waals surface area contributed by atoms with Crippen LogP contribution in [0.3, 0.4) is 0 Å². The molecule has 84 valence electrons. The first-order valence-electron chi connectivity index (χ1n) is 4.67. The molecule has 0 heterocycles. The molecule has 0 saturated heterocycles. The normalized spacial score (nSPS) is 13.1. The van der Waals surface area contributed by atoms with E-state index in [1.165, 1.54) is 0 Å².